The molecule has 0 atom stereocenters. The van der Waals surface area contributed by atoms with Gasteiger partial charge in [0.25, 0.3) is 0 Å². The van der Waals surface area contributed by atoms with Gasteiger partial charge in [-0.1, -0.05) is 6.07 Å². The molecule has 0 aromatic heterocycles. The van der Waals surface area contributed by atoms with Crippen molar-refractivity contribution in [3.8, 4) is 5.75 Å². The highest BCUT2D eigenvalue weighted by Crippen LogP contribution is 2.30. The first kappa shape index (κ1) is 18.2. The number of ether oxygens (including phenoxy) is 2. The Morgan fingerprint density at radius 3 is 2.75 bits per heavy atom. The van der Waals surface area contributed by atoms with E-state index in [4.69, 9.17) is 9.47 Å². The third kappa shape index (κ3) is 5.19. The number of carbonyl (C=O) groups excluding carboxylic acids is 1. The topological polar surface area (TPSA) is 84.9 Å². The van der Waals surface area contributed by atoms with Gasteiger partial charge in [0.2, 0.25) is 5.91 Å². The van der Waals surface area contributed by atoms with Gasteiger partial charge in [0, 0.05) is 32.2 Å². The molecule has 132 valence electrons. The lowest BCUT2D eigenvalue weighted by molar-refractivity contribution is -0.154. The summed E-state index contributed by atoms with van der Waals surface area (Å²) in [7, 11) is 0. The summed E-state index contributed by atoms with van der Waals surface area (Å²) in [5.74, 6) is -1.08. The maximum Gasteiger partial charge on any atom is 0.311 e. The standard InChI is InChI=1S/C17H22FNO5/c18-13-3-1-4-14(11-13)24-8-2-5-15(20)19-12-17(16(21)22)6-9-23-10-7-17/h1,3-4,11H,2,5-10,12H2,(H,19,20)(H,21,22). The smallest absolute Gasteiger partial charge is 0.311 e. The second-order valence-electron chi connectivity index (χ2n) is 5.88. The monoisotopic (exact) mass is 339 g/mol. The van der Waals surface area contributed by atoms with Crippen LogP contribution in [-0.4, -0.2) is 43.3 Å². The molecule has 0 aliphatic carbocycles. The molecular weight excluding hydrogens is 317 g/mol. The molecule has 0 saturated carbocycles. The normalized spacial score (nSPS) is 16.4. The van der Waals surface area contributed by atoms with Gasteiger partial charge >= 0.3 is 5.97 Å². The Morgan fingerprint density at radius 1 is 1.33 bits per heavy atom. The summed E-state index contributed by atoms with van der Waals surface area (Å²) in [5, 5.41) is 12.1. The number of hydrogen-bond acceptors (Lipinski definition) is 4. The molecule has 24 heavy (non-hydrogen) atoms. The van der Waals surface area contributed by atoms with Crippen molar-refractivity contribution in [2.24, 2.45) is 5.41 Å². The maximum atomic E-state index is 13.0. The van der Waals surface area contributed by atoms with Crippen LogP contribution in [0.3, 0.4) is 0 Å². The molecule has 1 aliphatic heterocycles. The Hall–Kier alpha value is -2.15. The summed E-state index contributed by atoms with van der Waals surface area (Å²) in [6.07, 6.45) is 1.48. The van der Waals surface area contributed by atoms with Crippen LogP contribution in [0.15, 0.2) is 24.3 Å². The lowest BCUT2D eigenvalue weighted by atomic mass is 9.80. The van der Waals surface area contributed by atoms with E-state index >= 15 is 0 Å². The molecule has 6 nitrogen and oxygen atoms in total. The van der Waals surface area contributed by atoms with Crippen molar-refractivity contribution < 1.29 is 28.6 Å². The highest BCUT2D eigenvalue weighted by atomic mass is 19.1. The van der Waals surface area contributed by atoms with E-state index in [0.717, 1.165) is 0 Å². The fraction of sp³-hybridized carbons (Fsp3) is 0.529. The van der Waals surface area contributed by atoms with Crippen LogP contribution < -0.4 is 10.1 Å². The largest absolute Gasteiger partial charge is 0.493 e. The van der Waals surface area contributed by atoms with Gasteiger partial charge in [0.1, 0.15) is 11.6 Å². The average Bonchev–Trinajstić information content (AvgIpc) is 2.58. The van der Waals surface area contributed by atoms with Crippen LogP contribution in [0.25, 0.3) is 0 Å². The van der Waals surface area contributed by atoms with Gasteiger partial charge in [-0.05, 0) is 31.4 Å². The predicted octanol–water partition coefficient (Wildman–Crippen LogP) is 1.98. The zero-order valence-corrected chi connectivity index (χ0v) is 13.4. The lowest BCUT2D eigenvalue weighted by Gasteiger charge is -2.33. The SMILES string of the molecule is O=C(CCCOc1cccc(F)c1)NCC1(C(=O)O)CCOCC1. The number of aliphatic carboxylic acids is 1. The molecule has 7 heteroatoms. The number of carbonyl (C=O) groups is 2. The van der Waals surface area contributed by atoms with Crippen LogP contribution >= 0.6 is 0 Å². The number of benzene rings is 1. The number of carboxylic acids is 1. The minimum atomic E-state index is -0.939. The number of halogens is 1. The van der Waals surface area contributed by atoms with Crippen molar-refractivity contribution in [1.29, 1.82) is 0 Å². The van der Waals surface area contributed by atoms with Gasteiger partial charge in [-0.2, -0.15) is 0 Å². The first-order chi connectivity index (χ1) is 11.5. The Bertz CT molecular complexity index is 572. The van der Waals surface area contributed by atoms with Crippen LogP contribution in [0.4, 0.5) is 4.39 Å². The van der Waals surface area contributed by atoms with Crippen molar-refractivity contribution in [1.82, 2.24) is 5.32 Å². The molecule has 1 heterocycles. The summed E-state index contributed by atoms with van der Waals surface area (Å²) >= 11 is 0. The van der Waals surface area contributed by atoms with Gasteiger partial charge in [0.05, 0.1) is 12.0 Å². The number of hydrogen-bond donors (Lipinski definition) is 2. The van der Waals surface area contributed by atoms with Crippen molar-refractivity contribution in [2.45, 2.75) is 25.7 Å². The Labute approximate surface area is 139 Å². The highest BCUT2D eigenvalue weighted by molar-refractivity contribution is 5.79. The van der Waals surface area contributed by atoms with Gasteiger partial charge in [-0.3, -0.25) is 9.59 Å². The van der Waals surface area contributed by atoms with Crippen molar-refractivity contribution >= 4 is 11.9 Å². The van der Waals surface area contributed by atoms with Crippen molar-refractivity contribution in [3.05, 3.63) is 30.1 Å². The van der Waals surface area contributed by atoms with E-state index < -0.39 is 11.4 Å². The molecule has 1 aliphatic rings. The van der Waals surface area contributed by atoms with E-state index in [1.165, 1.54) is 12.1 Å². The molecule has 1 saturated heterocycles. The van der Waals surface area contributed by atoms with E-state index in [1.54, 1.807) is 12.1 Å². The minimum Gasteiger partial charge on any atom is -0.493 e. The van der Waals surface area contributed by atoms with Gasteiger partial charge in [-0.25, -0.2) is 4.39 Å². The second-order valence-corrected chi connectivity index (χ2v) is 5.88. The van der Waals surface area contributed by atoms with Crippen LogP contribution in [0.5, 0.6) is 5.75 Å². The zero-order chi connectivity index (χ0) is 17.4. The summed E-state index contributed by atoms with van der Waals surface area (Å²) in [6, 6.07) is 5.80. The first-order valence-corrected chi connectivity index (χ1v) is 7.98. The molecule has 2 N–H and O–H groups in total. The average molecular weight is 339 g/mol. The molecule has 0 spiro atoms. The summed E-state index contributed by atoms with van der Waals surface area (Å²) in [4.78, 5) is 23.3. The molecule has 1 amide bonds. The number of amides is 1. The van der Waals surface area contributed by atoms with E-state index in [9.17, 15) is 19.1 Å². The summed E-state index contributed by atoms with van der Waals surface area (Å²) in [5.41, 5.74) is -0.939. The highest BCUT2D eigenvalue weighted by Gasteiger charge is 2.40. The number of carboxylic acid groups (broad SMARTS) is 1. The fourth-order valence-electron chi connectivity index (χ4n) is 2.56. The van der Waals surface area contributed by atoms with E-state index in [0.29, 0.717) is 38.2 Å². The molecule has 0 unspecified atom stereocenters. The molecular formula is C17H22FNO5. The van der Waals surface area contributed by atoms with Gasteiger partial charge in [0.15, 0.2) is 0 Å². The molecule has 0 radical (unpaired) electrons. The number of rotatable bonds is 8. The third-order valence-corrected chi connectivity index (χ3v) is 4.14. The van der Waals surface area contributed by atoms with E-state index in [1.807, 2.05) is 0 Å². The molecule has 0 bridgehead atoms. The first-order valence-electron chi connectivity index (χ1n) is 7.98. The molecule has 1 aromatic rings. The van der Waals surface area contributed by atoms with Crippen LogP contribution in [-0.2, 0) is 14.3 Å². The second kappa shape index (κ2) is 8.63. The fourth-order valence-corrected chi connectivity index (χ4v) is 2.56. The maximum absolute atomic E-state index is 13.0. The zero-order valence-electron chi connectivity index (χ0n) is 13.4. The lowest BCUT2D eigenvalue weighted by Crippen LogP contribution is -2.46. The Morgan fingerprint density at radius 2 is 2.08 bits per heavy atom. The molecule has 2 rings (SSSR count). The molecule has 1 aromatic carbocycles. The summed E-state index contributed by atoms with van der Waals surface area (Å²) in [6.45, 7) is 1.18. The van der Waals surface area contributed by atoms with Crippen LogP contribution in [0, 0.1) is 11.2 Å². The molecule has 1 fully saturated rings. The van der Waals surface area contributed by atoms with E-state index in [2.05, 4.69) is 5.32 Å². The Balaban J connectivity index is 1.68. The Kier molecular flexibility index (Phi) is 6.54. The minimum absolute atomic E-state index is 0.106. The summed E-state index contributed by atoms with van der Waals surface area (Å²) < 4.78 is 23.5. The van der Waals surface area contributed by atoms with Crippen molar-refractivity contribution in [2.75, 3.05) is 26.4 Å². The van der Waals surface area contributed by atoms with Crippen molar-refractivity contribution in [3.63, 3.8) is 0 Å². The van der Waals surface area contributed by atoms with Crippen LogP contribution in [0.1, 0.15) is 25.7 Å². The quantitative estimate of drug-likeness (QED) is 0.708. The third-order valence-electron chi connectivity index (χ3n) is 4.14. The number of nitrogens with one attached hydrogen (secondary N) is 1. The van der Waals surface area contributed by atoms with Gasteiger partial charge in [-0.15, -0.1) is 0 Å². The van der Waals surface area contributed by atoms with Crippen LogP contribution in [0.2, 0.25) is 0 Å². The van der Waals surface area contributed by atoms with Gasteiger partial charge < -0.3 is 19.9 Å². The van der Waals surface area contributed by atoms with E-state index in [-0.39, 0.29) is 31.3 Å². The predicted molar refractivity (Wildman–Crippen MR) is 84.3 cm³/mol.